The molecule has 11 heteroatoms. The lowest BCUT2D eigenvalue weighted by molar-refractivity contribution is 0.262. The summed E-state index contributed by atoms with van der Waals surface area (Å²) >= 11 is 0. The number of para-hydroxylation sites is 4. The molecule has 0 radical (unpaired) electrons. The van der Waals surface area contributed by atoms with Gasteiger partial charge in [-0.25, -0.2) is 4.79 Å². The van der Waals surface area contributed by atoms with E-state index < -0.39 is 26.3 Å². The molecule has 0 aromatic heterocycles. The molecule has 0 heterocycles. The van der Waals surface area contributed by atoms with Crippen molar-refractivity contribution in [2.75, 3.05) is 10.6 Å². The van der Waals surface area contributed by atoms with E-state index >= 15 is 0 Å². The topological polar surface area (TPSA) is 128 Å². The van der Waals surface area contributed by atoms with Gasteiger partial charge in [0.05, 0.1) is 11.4 Å². The van der Waals surface area contributed by atoms with Crippen molar-refractivity contribution in [2.45, 2.75) is 51.3 Å². The summed E-state index contributed by atoms with van der Waals surface area (Å²) in [6, 6.07) is 18.4. The zero-order chi connectivity index (χ0) is 30.8. The van der Waals surface area contributed by atoms with E-state index in [-0.39, 0.29) is 32.7 Å². The monoisotopic (exact) mass is 608 g/mol. The maximum absolute atomic E-state index is 13.2. The van der Waals surface area contributed by atoms with Crippen LogP contribution in [0.5, 0.6) is 11.5 Å². The van der Waals surface area contributed by atoms with Crippen LogP contribution in [0.1, 0.15) is 33.4 Å². The largest absolute Gasteiger partial charge is 0.377 e. The van der Waals surface area contributed by atoms with Gasteiger partial charge in [-0.15, -0.1) is 0 Å². The fraction of sp³-hybridized carbons (Fsp3) is 0.194. The average molecular weight is 609 g/mol. The van der Waals surface area contributed by atoms with E-state index in [1.54, 1.807) is 76.2 Å². The molecule has 4 aromatic rings. The van der Waals surface area contributed by atoms with Gasteiger partial charge in [0, 0.05) is 0 Å². The Morgan fingerprint density at radius 3 is 1.19 bits per heavy atom. The number of carbonyl (C=O) groups excluding carboxylic acids is 1. The van der Waals surface area contributed by atoms with E-state index in [9.17, 15) is 21.6 Å². The van der Waals surface area contributed by atoms with Crippen molar-refractivity contribution in [2.24, 2.45) is 0 Å². The molecular formula is C31H32N2O7S2. The minimum absolute atomic E-state index is 0.0543. The lowest BCUT2D eigenvalue weighted by Crippen LogP contribution is -2.22. The Hall–Kier alpha value is -4.35. The first kappa shape index (κ1) is 30.6. The number of benzene rings is 4. The standard InChI is InChI=1S/C31H32N2O7S2/c1-19-15-21(3)29(22(4)16-19)41(35,36)39-27-13-9-7-11-25(27)32-31(34)33-26-12-8-10-14-28(26)40-42(37,38)30-23(5)17-20(2)18-24(30)6/h7-18H,1-6H3,(H2,32,33,34). The molecule has 0 fully saturated rings. The lowest BCUT2D eigenvalue weighted by atomic mass is 10.1. The molecule has 42 heavy (non-hydrogen) atoms. The first-order chi connectivity index (χ1) is 19.7. The Morgan fingerprint density at radius 1 is 0.548 bits per heavy atom. The molecule has 0 aliphatic heterocycles. The van der Waals surface area contributed by atoms with Crippen molar-refractivity contribution in [1.29, 1.82) is 0 Å². The number of anilines is 2. The predicted molar refractivity (Wildman–Crippen MR) is 162 cm³/mol. The molecule has 4 aromatic carbocycles. The van der Waals surface area contributed by atoms with Gasteiger partial charge in [0.15, 0.2) is 11.5 Å². The highest BCUT2D eigenvalue weighted by atomic mass is 32.2. The number of nitrogens with one attached hydrogen (secondary N) is 2. The molecule has 0 spiro atoms. The van der Waals surface area contributed by atoms with E-state index in [1.807, 2.05) is 13.8 Å². The molecule has 0 unspecified atom stereocenters. The maximum atomic E-state index is 13.2. The zero-order valence-corrected chi connectivity index (χ0v) is 25.7. The van der Waals surface area contributed by atoms with Gasteiger partial charge in [0.2, 0.25) is 0 Å². The third-order valence-corrected chi connectivity index (χ3v) is 9.46. The Kier molecular flexibility index (Phi) is 8.65. The number of amides is 2. The molecule has 2 amide bonds. The Balaban J connectivity index is 1.56. The lowest BCUT2D eigenvalue weighted by Gasteiger charge is -2.17. The first-order valence-electron chi connectivity index (χ1n) is 13.0. The van der Waals surface area contributed by atoms with Crippen molar-refractivity contribution < 1.29 is 30.0 Å². The van der Waals surface area contributed by atoms with Crippen LogP contribution in [0, 0.1) is 41.5 Å². The number of hydrogen-bond donors (Lipinski definition) is 2. The number of rotatable bonds is 8. The van der Waals surface area contributed by atoms with Crippen molar-refractivity contribution in [3.05, 3.63) is 106 Å². The van der Waals surface area contributed by atoms with E-state index in [1.165, 1.54) is 24.3 Å². The number of carbonyl (C=O) groups is 1. The summed E-state index contributed by atoms with van der Waals surface area (Å²) in [5.74, 6) is -0.186. The van der Waals surface area contributed by atoms with Gasteiger partial charge < -0.3 is 19.0 Å². The van der Waals surface area contributed by atoms with Crippen LogP contribution in [-0.4, -0.2) is 22.9 Å². The molecule has 220 valence electrons. The van der Waals surface area contributed by atoms with Crippen molar-refractivity contribution >= 4 is 37.6 Å². The zero-order valence-electron chi connectivity index (χ0n) is 24.1. The van der Waals surface area contributed by atoms with Gasteiger partial charge in [0.1, 0.15) is 9.79 Å². The number of aryl methyl sites for hydroxylation is 6. The van der Waals surface area contributed by atoms with Gasteiger partial charge in [0.25, 0.3) is 0 Å². The number of urea groups is 1. The van der Waals surface area contributed by atoms with Crippen LogP contribution in [0.4, 0.5) is 16.2 Å². The highest BCUT2D eigenvalue weighted by Gasteiger charge is 2.25. The van der Waals surface area contributed by atoms with Crippen molar-refractivity contribution in [1.82, 2.24) is 0 Å². The quantitative estimate of drug-likeness (QED) is 0.213. The van der Waals surface area contributed by atoms with E-state index in [0.29, 0.717) is 22.3 Å². The number of hydrogen-bond acceptors (Lipinski definition) is 7. The van der Waals surface area contributed by atoms with Gasteiger partial charge >= 0.3 is 26.3 Å². The average Bonchev–Trinajstić information content (AvgIpc) is 2.84. The van der Waals surface area contributed by atoms with Gasteiger partial charge in [-0.05, 0) is 88.1 Å². The third-order valence-electron chi connectivity index (χ3n) is 6.38. The van der Waals surface area contributed by atoms with Crippen LogP contribution in [-0.2, 0) is 20.2 Å². The summed E-state index contributed by atoms with van der Waals surface area (Å²) in [5, 5.41) is 5.15. The molecule has 0 saturated carbocycles. The van der Waals surface area contributed by atoms with Gasteiger partial charge in [-0.2, -0.15) is 16.8 Å². The van der Waals surface area contributed by atoms with Crippen LogP contribution in [0.2, 0.25) is 0 Å². The smallest absolute Gasteiger partial charge is 0.339 e. The first-order valence-corrected chi connectivity index (χ1v) is 15.8. The normalized spacial score (nSPS) is 11.6. The summed E-state index contributed by atoms with van der Waals surface area (Å²) in [7, 11) is -8.46. The van der Waals surface area contributed by atoms with Crippen LogP contribution < -0.4 is 19.0 Å². The highest BCUT2D eigenvalue weighted by Crippen LogP contribution is 2.32. The fourth-order valence-electron chi connectivity index (χ4n) is 5.00. The Labute approximate surface area is 246 Å². The molecule has 0 aliphatic carbocycles. The van der Waals surface area contributed by atoms with Gasteiger partial charge in [-0.1, -0.05) is 59.7 Å². The summed E-state index contributed by atoms with van der Waals surface area (Å²) in [6.45, 7) is 10.5. The minimum atomic E-state index is -4.23. The molecule has 9 nitrogen and oxygen atoms in total. The van der Waals surface area contributed by atoms with Crippen molar-refractivity contribution in [3.63, 3.8) is 0 Å². The van der Waals surface area contributed by atoms with Crippen LogP contribution in [0.15, 0.2) is 82.6 Å². The summed E-state index contributed by atoms with van der Waals surface area (Å²) in [4.78, 5) is 13.1. The fourth-order valence-corrected chi connectivity index (χ4v) is 7.75. The molecule has 0 aliphatic rings. The van der Waals surface area contributed by atoms with Crippen LogP contribution >= 0.6 is 0 Å². The molecule has 0 atom stereocenters. The van der Waals surface area contributed by atoms with Crippen molar-refractivity contribution in [3.8, 4) is 11.5 Å². The highest BCUT2D eigenvalue weighted by molar-refractivity contribution is 7.87. The van der Waals surface area contributed by atoms with E-state index in [0.717, 1.165) is 11.1 Å². The second-order valence-electron chi connectivity index (χ2n) is 10.1. The molecule has 4 rings (SSSR count). The molecule has 2 N–H and O–H groups in total. The molecule has 0 bridgehead atoms. The van der Waals surface area contributed by atoms with Crippen LogP contribution in [0.25, 0.3) is 0 Å². The predicted octanol–water partition coefficient (Wildman–Crippen LogP) is 6.72. The van der Waals surface area contributed by atoms with E-state index in [4.69, 9.17) is 8.37 Å². The minimum Gasteiger partial charge on any atom is -0.377 e. The summed E-state index contributed by atoms with van der Waals surface area (Å²) < 4.78 is 63.8. The SMILES string of the molecule is Cc1cc(C)c(S(=O)(=O)Oc2ccccc2NC(=O)Nc2ccccc2OS(=O)(=O)c2c(C)cc(C)cc2C)c(C)c1. The summed E-state index contributed by atoms with van der Waals surface area (Å²) in [5.41, 5.74) is 4.16. The van der Waals surface area contributed by atoms with E-state index in [2.05, 4.69) is 10.6 Å². The Morgan fingerprint density at radius 2 is 0.857 bits per heavy atom. The Bertz CT molecular complexity index is 1720. The van der Waals surface area contributed by atoms with Crippen LogP contribution in [0.3, 0.4) is 0 Å². The van der Waals surface area contributed by atoms with Gasteiger partial charge in [-0.3, -0.25) is 0 Å². The molecular weight excluding hydrogens is 576 g/mol. The second-order valence-corrected chi connectivity index (χ2v) is 13.1. The second kappa shape index (κ2) is 11.9. The third kappa shape index (κ3) is 6.75. The maximum Gasteiger partial charge on any atom is 0.339 e. The molecule has 0 saturated heterocycles. The summed E-state index contributed by atoms with van der Waals surface area (Å²) in [6.07, 6.45) is 0.